The van der Waals surface area contributed by atoms with Crippen LogP contribution in [0.4, 0.5) is 0 Å². The largest absolute Gasteiger partial charge is 0.357 e. The van der Waals surface area contributed by atoms with Gasteiger partial charge in [0.25, 0.3) is 0 Å². The number of H-pyrrole nitrogens is 1. The Kier molecular flexibility index (Phi) is 3.30. The van der Waals surface area contributed by atoms with Gasteiger partial charge in [0.2, 0.25) is 0 Å². The summed E-state index contributed by atoms with van der Waals surface area (Å²) in [4.78, 5) is 3.43. The van der Waals surface area contributed by atoms with E-state index in [1.807, 2.05) is 0 Å². The molecule has 0 aliphatic rings. The van der Waals surface area contributed by atoms with E-state index in [-0.39, 0.29) is 0 Å². The number of benzene rings is 1. The number of rotatable bonds is 4. The van der Waals surface area contributed by atoms with Crippen LogP contribution in [0.2, 0.25) is 0 Å². The third-order valence-corrected chi connectivity index (χ3v) is 2.70. The molecule has 2 aromatic rings. The van der Waals surface area contributed by atoms with Gasteiger partial charge in [0.15, 0.2) is 0 Å². The number of hydrogen-bond donors (Lipinski definition) is 2. The molecule has 0 amide bonds. The minimum absolute atomic E-state index is 0.701. The maximum atomic E-state index is 3.45. The second-order valence-corrected chi connectivity index (χ2v) is 4.91. The van der Waals surface area contributed by atoms with Gasteiger partial charge in [-0.3, -0.25) is 0 Å². The Bertz CT molecular complexity index is 469. The molecule has 0 unspecified atom stereocenters. The fourth-order valence-corrected chi connectivity index (χ4v) is 1.90. The van der Waals surface area contributed by atoms with Crippen LogP contribution in [0.5, 0.6) is 0 Å². The Balaban J connectivity index is 2.08. The summed E-state index contributed by atoms with van der Waals surface area (Å²) in [6, 6.07) is 8.74. The molecule has 86 valence electrons. The average molecular weight is 216 g/mol. The molecule has 16 heavy (non-hydrogen) atoms. The molecule has 1 aromatic heterocycles. The van der Waals surface area contributed by atoms with Gasteiger partial charge in [-0.2, -0.15) is 0 Å². The third kappa shape index (κ3) is 2.64. The molecule has 1 aromatic carbocycles. The zero-order valence-electron chi connectivity index (χ0n) is 10.3. The van der Waals surface area contributed by atoms with Crippen LogP contribution in [0.3, 0.4) is 0 Å². The lowest BCUT2D eigenvalue weighted by Crippen LogP contribution is -2.18. The number of nitrogens with one attached hydrogen (secondary N) is 2. The van der Waals surface area contributed by atoms with E-state index >= 15 is 0 Å². The SMILES string of the molecule is Cc1ccc2[nH]c(CNCC(C)C)cc2c1. The number of aryl methyl sites for hydroxylation is 1. The summed E-state index contributed by atoms with van der Waals surface area (Å²) in [5.74, 6) is 0.701. The Labute approximate surface area is 97.1 Å². The molecule has 0 atom stereocenters. The van der Waals surface area contributed by atoms with Crippen LogP contribution in [-0.2, 0) is 6.54 Å². The Morgan fingerprint density at radius 1 is 1.25 bits per heavy atom. The summed E-state index contributed by atoms with van der Waals surface area (Å²) >= 11 is 0. The van der Waals surface area contributed by atoms with E-state index in [1.165, 1.54) is 22.2 Å². The molecule has 2 heteroatoms. The van der Waals surface area contributed by atoms with Crippen molar-refractivity contribution in [3.63, 3.8) is 0 Å². The molecule has 0 bridgehead atoms. The second-order valence-electron chi connectivity index (χ2n) is 4.91. The van der Waals surface area contributed by atoms with Gasteiger partial charge in [-0.25, -0.2) is 0 Å². The normalized spacial score (nSPS) is 11.5. The maximum absolute atomic E-state index is 3.45. The summed E-state index contributed by atoms with van der Waals surface area (Å²) in [6.07, 6.45) is 0. The molecule has 0 aliphatic carbocycles. The number of aromatic amines is 1. The molecule has 2 rings (SSSR count). The minimum Gasteiger partial charge on any atom is -0.357 e. The average Bonchev–Trinajstić information content (AvgIpc) is 2.58. The van der Waals surface area contributed by atoms with Crippen LogP contribution in [0.25, 0.3) is 10.9 Å². The highest BCUT2D eigenvalue weighted by molar-refractivity contribution is 5.81. The summed E-state index contributed by atoms with van der Waals surface area (Å²) in [5.41, 5.74) is 3.81. The minimum atomic E-state index is 0.701. The van der Waals surface area contributed by atoms with Gasteiger partial charge in [0.05, 0.1) is 0 Å². The van der Waals surface area contributed by atoms with Gasteiger partial charge in [-0.05, 0) is 43.0 Å². The lowest BCUT2D eigenvalue weighted by molar-refractivity contribution is 0.549. The fraction of sp³-hybridized carbons (Fsp3) is 0.429. The lowest BCUT2D eigenvalue weighted by atomic mass is 10.2. The van der Waals surface area contributed by atoms with Gasteiger partial charge in [0, 0.05) is 17.8 Å². The van der Waals surface area contributed by atoms with E-state index in [1.54, 1.807) is 0 Å². The highest BCUT2D eigenvalue weighted by atomic mass is 14.9. The van der Waals surface area contributed by atoms with Crippen molar-refractivity contribution in [2.45, 2.75) is 27.3 Å². The van der Waals surface area contributed by atoms with Crippen molar-refractivity contribution in [1.82, 2.24) is 10.3 Å². The van der Waals surface area contributed by atoms with Gasteiger partial charge < -0.3 is 10.3 Å². The Morgan fingerprint density at radius 2 is 2.06 bits per heavy atom. The van der Waals surface area contributed by atoms with Crippen molar-refractivity contribution in [2.24, 2.45) is 5.92 Å². The molecule has 0 saturated carbocycles. The maximum Gasteiger partial charge on any atom is 0.0456 e. The van der Waals surface area contributed by atoms with Gasteiger partial charge >= 0.3 is 0 Å². The molecular weight excluding hydrogens is 196 g/mol. The van der Waals surface area contributed by atoms with E-state index in [2.05, 4.69) is 55.3 Å². The monoisotopic (exact) mass is 216 g/mol. The first-order chi connectivity index (χ1) is 7.65. The zero-order chi connectivity index (χ0) is 11.5. The molecule has 0 aliphatic heterocycles. The molecule has 0 radical (unpaired) electrons. The standard InChI is InChI=1S/C14H20N2/c1-10(2)8-15-9-13-7-12-6-11(3)4-5-14(12)16-13/h4-7,10,15-16H,8-9H2,1-3H3. The van der Waals surface area contributed by atoms with Gasteiger partial charge in [-0.15, -0.1) is 0 Å². The van der Waals surface area contributed by atoms with Crippen LogP contribution in [0.1, 0.15) is 25.1 Å². The van der Waals surface area contributed by atoms with Crippen LogP contribution in [-0.4, -0.2) is 11.5 Å². The fourth-order valence-electron chi connectivity index (χ4n) is 1.90. The van der Waals surface area contributed by atoms with Gasteiger partial charge in [0.1, 0.15) is 0 Å². The molecule has 0 fully saturated rings. The Morgan fingerprint density at radius 3 is 2.81 bits per heavy atom. The first-order valence-corrected chi connectivity index (χ1v) is 5.94. The van der Waals surface area contributed by atoms with E-state index in [0.717, 1.165) is 13.1 Å². The quantitative estimate of drug-likeness (QED) is 0.807. The van der Waals surface area contributed by atoms with E-state index in [9.17, 15) is 0 Å². The number of aromatic nitrogens is 1. The summed E-state index contributed by atoms with van der Waals surface area (Å²) < 4.78 is 0. The van der Waals surface area contributed by atoms with Crippen LogP contribution in [0.15, 0.2) is 24.3 Å². The Hall–Kier alpha value is -1.28. The highest BCUT2D eigenvalue weighted by Gasteiger charge is 2.01. The second kappa shape index (κ2) is 4.71. The lowest BCUT2D eigenvalue weighted by Gasteiger charge is -2.05. The molecule has 0 saturated heterocycles. The van der Waals surface area contributed by atoms with Crippen LogP contribution < -0.4 is 5.32 Å². The molecule has 2 N–H and O–H groups in total. The van der Waals surface area contributed by atoms with E-state index in [0.29, 0.717) is 5.92 Å². The first-order valence-electron chi connectivity index (χ1n) is 5.94. The van der Waals surface area contributed by atoms with Crippen molar-refractivity contribution in [2.75, 3.05) is 6.54 Å². The first kappa shape index (κ1) is 11.2. The smallest absolute Gasteiger partial charge is 0.0456 e. The van der Waals surface area contributed by atoms with E-state index in [4.69, 9.17) is 0 Å². The summed E-state index contributed by atoms with van der Waals surface area (Å²) in [6.45, 7) is 8.56. The van der Waals surface area contributed by atoms with Crippen LogP contribution in [0, 0.1) is 12.8 Å². The van der Waals surface area contributed by atoms with E-state index < -0.39 is 0 Å². The highest BCUT2D eigenvalue weighted by Crippen LogP contribution is 2.16. The van der Waals surface area contributed by atoms with Crippen molar-refractivity contribution in [3.8, 4) is 0 Å². The third-order valence-electron chi connectivity index (χ3n) is 2.70. The summed E-state index contributed by atoms with van der Waals surface area (Å²) in [5, 5.41) is 4.75. The molecule has 1 heterocycles. The van der Waals surface area contributed by atoms with Crippen molar-refractivity contribution >= 4 is 10.9 Å². The zero-order valence-corrected chi connectivity index (χ0v) is 10.3. The summed E-state index contributed by atoms with van der Waals surface area (Å²) in [7, 11) is 0. The van der Waals surface area contributed by atoms with Crippen molar-refractivity contribution in [3.05, 3.63) is 35.5 Å². The predicted molar refractivity (Wildman–Crippen MR) is 69.6 cm³/mol. The topological polar surface area (TPSA) is 27.8 Å². The van der Waals surface area contributed by atoms with Gasteiger partial charge in [-0.1, -0.05) is 25.5 Å². The van der Waals surface area contributed by atoms with Crippen molar-refractivity contribution < 1.29 is 0 Å². The number of fused-ring (bicyclic) bond motifs is 1. The molecule has 0 spiro atoms. The molecular formula is C14H20N2. The predicted octanol–water partition coefficient (Wildman–Crippen LogP) is 3.22. The van der Waals surface area contributed by atoms with Crippen molar-refractivity contribution in [1.29, 1.82) is 0 Å². The molecule has 2 nitrogen and oxygen atoms in total. The van der Waals surface area contributed by atoms with Crippen LogP contribution >= 0.6 is 0 Å². The number of hydrogen-bond acceptors (Lipinski definition) is 1.